The van der Waals surface area contributed by atoms with Crippen LogP contribution in [0.4, 0.5) is 17.1 Å². The highest BCUT2D eigenvalue weighted by Crippen LogP contribution is 2.46. The van der Waals surface area contributed by atoms with Crippen molar-refractivity contribution in [1.29, 1.82) is 0 Å². The number of methoxy groups -OCH3 is 2. The molecule has 9 nitrogen and oxygen atoms in total. The molecule has 36 heavy (non-hydrogen) atoms. The highest BCUT2D eigenvalue weighted by atomic mass is 16.6. The van der Waals surface area contributed by atoms with E-state index in [0.29, 0.717) is 22.8 Å². The lowest BCUT2D eigenvalue weighted by Crippen LogP contribution is -2.33. The van der Waals surface area contributed by atoms with E-state index in [1.165, 1.54) is 12.1 Å². The van der Waals surface area contributed by atoms with E-state index in [4.69, 9.17) is 9.47 Å². The van der Waals surface area contributed by atoms with E-state index in [1.807, 2.05) is 48.5 Å². The van der Waals surface area contributed by atoms with Gasteiger partial charge in [-0.15, -0.1) is 0 Å². The second-order valence-electron chi connectivity index (χ2n) is 8.77. The number of rotatable bonds is 5. The van der Waals surface area contributed by atoms with E-state index in [1.54, 1.807) is 20.3 Å². The predicted molar refractivity (Wildman–Crippen MR) is 132 cm³/mol. The first-order chi connectivity index (χ1) is 17.4. The minimum absolute atomic E-state index is 0.0288. The van der Waals surface area contributed by atoms with Gasteiger partial charge in [-0.3, -0.25) is 14.9 Å². The monoisotopic (exact) mass is 486 g/mol. The van der Waals surface area contributed by atoms with Crippen molar-refractivity contribution in [1.82, 2.24) is 0 Å². The molecule has 1 aliphatic carbocycles. The van der Waals surface area contributed by atoms with Gasteiger partial charge in [0.05, 0.1) is 42.5 Å². The second-order valence-corrected chi connectivity index (χ2v) is 8.77. The summed E-state index contributed by atoms with van der Waals surface area (Å²) in [6.07, 6.45) is 2.27. The maximum atomic E-state index is 13.7. The number of nitro benzene ring substituents is 1. The van der Waals surface area contributed by atoms with E-state index in [-0.39, 0.29) is 18.1 Å². The summed E-state index contributed by atoms with van der Waals surface area (Å²) in [7, 11) is 3.13. The highest BCUT2D eigenvalue weighted by Gasteiger charge is 2.40. The molecule has 0 saturated heterocycles. The molecule has 3 unspecified atom stereocenters. The molecular weight excluding hydrogens is 462 g/mol. The number of anilines is 2. The maximum Gasteiger partial charge on any atom is 0.262 e. The number of hydrogen-bond acceptors (Lipinski definition) is 8. The van der Waals surface area contributed by atoms with Gasteiger partial charge in [-0.1, -0.05) is 36.4 Å². The van der Waals surface area contributed by atoms with Crippen LogP contribution in [0.3, 0.4) is 0 Å². The fraction of sp³-hybridized carbons (Fsp3) is 0.222. The predicted octanol–water partition coefficient (Wildman–Crippen LogP) is 4.52. The smallest absolute Gasteiger partial charge is 0.262 e. The molecule has 1 aliphatic heterocycles. The Bertz CT molecular complexity index is 1390. The van der Waals surface area contributed by atoms with Crippen LogP contribution in [-0.4, -0.2) is 24.9 Å². The zero-order valence-electron chi connectivity index (χ0n) is 19.7. The van der Waals surface area contributed by atoms with Crippen molar-refractivity contribution in [2.45, 2.75) is 18.4 Å². The van der Waals surface area contributed by atoms with E-state index >= 15 is 0 Å². The Morgan fingerprint density at radius 2 is 1.67 bits per heavy atom. The number of carbonyl (C=O) groups is 1. The Morgan fingerprint density at radius 3 is 2.39 bits per heavy atom. The van der Waals surface area contributed by atoms with Gasteiger partial charge in [-0.25, -0.2) is 0 Å². The number of benzene rings is 3. The second kappa shape index (κ2) is 9.26. The number of hydrogen-bond donors (Lipinski definition) is 2. The van der Waals surface area contributed by atoms with Gasteiger partial charge in [0.15, 0.2) is 11.5 Å². The molecule has 3 aromatic rings. The Labute approximate surface area is 207 Å². The Kier molecular flexibility index (Phi) is 5.97. The van der Waals surface area contributed by atoms with E-state index in [9.17, 15) is 20.0 Å². The molecule has 9 heteroatoms. The number of nitrogens with zero attached hydrogens (tertiary/aromatic N) is 1. The average molecular weight is 487 g/mol. The molecule has 5 rings (SSSR count). The molecule has 0 aromatic heterocycles. The van der Waals surface area contributed by atoms with Crippen molar-refractivity contribution in [2.24, 2.45) is 5.92 Å². The van der Waals surface area contributed by atoms with Gasteiger partial charge < -0.3 is 25.2 Å². The number of para-hydroxylation sites is 2. The number of nitrogens with one attached hydrogen (secondary N) is 2. The fourth-order valence-corrected chi connectivity index (χ4v) is 4.95. The third kappa shape index (κ3) is 4.08. The molecule has 1 heterocycles. The minimum Gasteiger partial charge on any atom is -0.868 e. The van der Waals surface area contributed by atoms with Gasteiger partial charge in [0.25, 0.3) is 5.69 Å². The molecule has 184 valence electrons. The van der Waals surface area contributed by atoms with Gasteiger partial charge in [-0.2, -0.15) is 0 Å². The van der Waals surface area contributed by atoms with Crippen LogP contribution < -0.4 is 25.2 Å². The minimum atomic E-state index is -0.693. The zero-order chi connectivity index (χ0) is 25.4. The number of Topliss-reactive ketones (excluding diaryl/α,β-unsaturated/α-hetero) is 1. The first kappa shape index (κ1) is 23.2. The van der Waals surface area contributed by atoms with Gasteiger partial charge >= 0.3 is 0 Å². The van der Waals surface area contributed by atoms with Crippen LogP contribution in [0, 0.1) is 16.0 Å². The van der Waals surface area contributed by atoms with Crippen molar-refractivity contribution >= 4 is 22.8 Å². The fourth-order valence-electron chi connectivity index (χ4n) is 4.95. The number of fused-ring (bicyclic) bond motifs is 2. The molecule has 3 atom stereocenters. The normalized spacial score (nSPS) is 20.6. The standard InChI is InChI=1S/C27H25N3O6/c1-35-24-10-8-15(14-25(24)36-2)17-11-20-26(23(32)13-17)27(29-19-6-4-3-5-18(19)28-20)16-7-9-22(31)21(12-16)30(33)34/h3-12,14,17,26-29,31H,13H2,1-2H3/p-1. The lowest BCUT2D eigenvalue weighted by atomic mass is 9.76. The third-order valence-electron chi connectivity index (χ3n) is 6.71. The molecular formula is C27H24N3O6-. The molecule has 0 fully saturated rings. The van der Waals surface area contributed by atoms with Crippen LogP contribution in [0.5, 0.6) is 17.2 Å². The lowest BCUT2D eigenvalue weighted by Gasteiger charge is -2.32. The first-order valence-electron chi connectivity index (χ1n) is 11.4. The summed E-state index contributed by atoms with van der Waals surface area (Å²) in [5.41, 5.74) is 3.11. The van der Waals surface area contributed by atoms with Gasteiger partial charge in [-0.05, 0) is 41.1 Å². The molecule has 0 amide bonds. The molecule has 0 radical (unpaired) electrons. The molecule has 0 spiro atoms. The van der Waals surface area contributed by atoms with Crippen LogP contribution in [0.1, 0.15) is 29.5 Å². The van der Waals surface area contributed by atoms with E-state index in [2.05, 4.69) is 10.6 Å². The first-order valence-corrected chi connectivity index (χ1v) is 11.4. The number of ether oxygens (including phenoxy) is 2. The van der Waals surface area contributed by atoms with Gasteiger partial charge in [0, 0.05) is 24.1 Å². The molecule has 2 aliphatic rings. The van der Waals surface area contributed by atoms with Crippen molar-refractivity contribution in [3.8, 4) is 17.2 Å². The molecule has 0 saturated carbocycles. The van der Waals surface area contributed by atoms with Crippen molar-refractivity contribution in [3.05, 3.63) is 93.7 Å². The average Bonchev–Trinajstić information content (AvgIpc) is 3.05. The summed E-state index contributed by atoms with van der Waals surface area (Å²) < 4.78 is 10.8. The number of allylic oxidation sites excluding steroid dienone is 1. The van der Waals surface area contributed by atoms with Gasteiger partial charge in [0.1, 0.15) is 5.78 Å². The quantitative estimate of drug-likeness (QED) is 0.398. The SMILES string of the molecule is COc1ccc(C2C=C3Nc4ccccc4NC(c4ccc([O-])c([N+](=O)[O-])c4)C3C(=O)C2)cc1OC. The van der Waals surface area contributed by atoms with Crippen LogP contribution in [0.25, 0.3) is 0 Å². The summed E-state index contributed by atoms with van der Waals surface area (Å²) in [6, 6.07) is 16.5. The largest absolute Gasteiger partial charge is 0.868 e. The summed E-state index contributed by atoms with van der Waals surface area (Å²) in [5.74, 6) is -0.366. The highest BCUT2D eigenvalue weighted by molar-refractivity contribution is 5.90. The van der Waals surface area contributed by atoms with Crippen molar-refractivity contribution in [3.63, 3.8) is 0 Å². The summed E-state index contributed by atoms with van der Waals surface area (Å²) in [6.45, 7) is 0. The van der Waals surface area contributed by atoms with Crippen LogP contribution in [0.2, 0.25) is 0 Å². The van der Waals surface area contributed by atoms with Gasteiger partial charge in [0.2, 0.25) is 0 Å². The number of carbonyl (C=O) groups excluding carboxylic acids is 1. The Balaban J connectivity index is 1.61. The van der Waals surface area contributed by atoms with Crippen molar-refractivity contribution in [2.75, 3.05) is 24.9 Å². The Morgan fingerprint density at radius 1 is 0.944 bits per heavy atom. The van der Waals surface area contributed by atoms with E-state index in [0.717, 1.165) is 16.9 Å². The number of ketones is 1. The van der Waals surface area contributed by atoms with E-state index < -0.39 is 28.3 Å². The number of nitro groups is 1. The molecule has 3 aromatic carbocycles. The third-order valence-corrected chi connectivity index (χ3v) is 6.71. The summed E-state index contributed by atoms with van der Waals surface area (Å²) in [4.78, 5) is 24.4. The summed E-state index contributed by atoms with van der Waals surface area (Å²) in [5, 5.41) is 30.3. The van der Waals surface area contributed by atoms with Crippen LogP contribution in [0.15, 0.2) is 72.4 Å². The topological polar surface area (TPSA) is 126 Å². The summed E-state index contributed by atoms with van der Waals surface area (Å²) >= 11 is 0. The zero-order valence-corrected chi connectivity index (χ0v) is 19.7. The maximum absolute atomic E-state index is 13.7. The molecule has 2 N–H and O–H groups in total. The van der Waals surface area contributed by atoms with Crippen molar-refractivity contribution < 1.29 is 24.3 Å². The molecule has 0 bridgehead atoms. The Hall–Kier alpha value is -4.53. The van der Waals surface area contributed by atoms with Crippen LogP contribution in [-0.2, 0) is 4.79 Å². The van der Waals surface area contributed by atoms with Crippen LogP contribution >= 0.6 is 0 Å². The lowest BCUT2D eigenvalue weighted by molar-refractivity contribution is -0.398.